The van der Waals surface area contributed by atoms with Crippen LogP contribution in [0.1, 0.15) is 30.9 Å². The van der Waals surface area contributed by atoms with Gasteiger partial charge in [-0.15, -0.1) is 0 Å². The van der Waals surface area contributed by atoms with Crippen molar-refractivity contribution in [2.24, 2.45) is 0 Å². The van der Waals surface area contributed by atoms with Gasteiger partial charge in [-0.25, -0.2) is 0 Å². The summed E-state index contributed by atoms with van der Waals surface area (Å²) in [5, 5.41) is 14.2. The van der Waals surface area contributed by atoms with Crippen LogP contribution in [0.3, 0.4) is 0 Å². The molecule has 2 rings (SSSR count). The maximum atomic E-state index is 10.9. The highest BCUT2D eigenvalue weighted by Crippen LogP contribution is 2.26. The number of nitro benzene ring substituents is 1. The maximum Gasteiger partial charge on any atom is 0.270 e. The van der Waals surface area contributed by atoms with Crippen LogP contribution in [-0.2, 0) is 6.54 Å². The minimum absolute atomic E-state index is 0.0957. The van der Waals surface area contributed by atoms with Gasteiger partial charge in [0.25, 0.3) is 5.69 Å². The molecule has 1 N–H and O–H groups in total. The van der Waals surface area contributed by atoms with Crippen molar-refractivity contribution in [3.05, 3.63) is 68.2 Å². The van der Waals surface area contributed by atoms with Gasteiger partial charge < -0.3 is 5.32 Å². The van der Waals surface area contributed by atoms with Crippen LogP contribution >= 0.6 is 15.9 Å². The van der Waals surface area contributed by atoms with Gasteiger partial charge in [-0.3, -0.25) is 10.1 Å². The van der Waals surface area contributed by atoms with E-state index in [1.807, 2.05) is 24.3 Å². The molecule has 0 aliphatic rings. The fraction of sp³-hybridized carbons (Fsp3) is 0.250. The number of para-hydroxylation sites is 1. The van der Waals surface area contributed by atoms with E-state index < -0.39 is 0 Å². The van der Waals surface area contributed by atoms with E-state index in [1.54, 1.807) is 6.07 Å². The lowest BCUT2D eigenvalue weighted by Crippen LogP contribution is -2.04. The Hall–Kier alpha value is -1.88. The van der Waals surface area contributed by atoms with Crippen molar-refractivity contribution in [3.63, 3.8) is 0 Å². The first-order chi connectivity index (χ1) is 9.97. The third kappa shape index (κ3) is 4.04. The summed E-state index contributed by atoms with van der Waals surface area (Å²) in [6.07, 6.45) is 0. The zero-order valence-corrected chi connectivity index (χ0v) is 13.6. The molecule has 0 fully saturated rings. The van der Waals surface area contributed by atoms with Crippen LogP contribution in [0.15, 0.2) is 46.9 Å². The molecule has 0 aliphatic heterocycles. The van der Waals surface area contributed by atoms with Gasteiger partial charge in [0, 0.05) is 28.8 Å². The Bertz CT molecular complexity index is 656. The Kier molecular flexibility index (Phi) is 4.96. The fourth-order valence-electron chi connectivity index (χ4n) is 2.20. The molecular formula is C16H17BrN2O2. The second kappa shape index (κ2) is 6.72. The molecule has 0 saturated carbocycles. The third-order valence-electron chi connectivity index (χ3n) is 3.22. The molecule has 0 saturated heterocycles. The predicted molar refractivity (Wildman–Crippen MR) is 88.7 cm³/mol. The quantitative estimate of drug-likeness (QED) is 0.604. The summed E-state index contributed by atoms with van der Waals surface area (Å²) in [4.78, 5) is 10.5. The average molecular weight is 349 g/mol. The number of anilines is 1. The highest BCUT2D eigenvalue weighted by molar-refractivity contribution is 9.10. The van der Waals surface area contributed by atoms with E-state index >= 15 is 0 Å². The van der Waals surface area contributed by atoms with Crippen LogP contribution < -0.4 is 5.32 Å². The molecule has 0 aliphatic carbocycles. The number of halogens is 1. The van der Waals surface area contributed by atoms with Crippen molar-refractivity contribution < 1.29 is 4.92 Å². The number of benzene rings is 2. The van der Waals surface area contributed by atoms with E-state index in [1.165, 1.54) is 11.6 Å². The van der Waals surface area contributed by atoms with Gasteiger partial charge in [0.05, 0.1) is 4.92 Å². The Morgan fingerprint density at radius 1 is 1.24 bits per heavy atom. The van der Waals surface area contributed by atoms with Crippen LogP contribution in [0.5, 0.6) is 0 Å². The lowest BCUT2D eigenvalue weighted by atomic mass is 10.0. The van der Waals surface area contributed by atoms with Gasteiger partial charge in [-0.2, -0.15) is 0 Å². The van der Waals surface area contributed by atoms with E-state index in [-0.39, 0.29) is 10.6 Å². The molecule has 0 bridgehead atoms. The van der Waals surface area contributed by atoms with Crippen molar-refractivity contribution in [1.82, 2.24) is 0 Å². The van der Waals surface area contributed by atoms with Gasteiger partial charge in [0.15, 0.2) is 0 Å². The molecule has 0 amide bonds. The Morgan fingerprint density at radius 2 is 1.95 bits per heavy atom. The zero-order valence-electron chi connectivity index (χ0n) is 12.0. The Balaban J connectivity index is 2.19. The van der Waals surface area contributed by atoms with Gasteiger partial charge >= 0.3 is 0 Å². The summed E-state index contributed by atoms with van der Waals surface area (Å²) in [6.45, 7) is 4.83. The average Bonchev–Trinajstić information content (AvgIpc) is 2.44. The molecule has 110 valence electrons. The monoisotopic (exact) mass is 348 g/mol. The second-order valence-electron chi connectivity index (χ2n) is 5.17. The highest BCUT2D eigenvalue weighted by atomic mass is 79.9. The molecule has 0 aromatic heterocycles. The van der Waals surface area contributed by atoms with Crippen LogP contribution in [0.2, 0.25) is 0 Å². The third-order valence-corrected chi connectivity index (χ3v) is 3.68. The fourth-order valence-corrected chi connectivity index (χ4v) is 2.73. The van der Waals surface area contributed by atoms with Gasteiger partial charge in [0.2, 0.25) is 0 Å². The first-order valence-electron chi connectivity index (χ1n) is 6.74. The minimum Gasteiger partial charge on any atom is -0.381 e. The van der Waals surface area contributed by atoms with Crippen LogP contribution in [-0.4, -0.2) is 4.92 Å². The van der Waals surface area contributed by atoms with Crippen LogP contribution in [0.4, 0.5) is 11.4 Å². The zero-order chi connectivity index (χ0) is 15.4. The minimum atomic E-state index is -0.379. The molecule has 5 heteroatoms. The molecule has 4 nitrogen and oxygen atoms in total. The van der Waals surface area contributed by atoms with Gasteiger partial charge in [-0.1, -0.05) is 48.0 Å². The van der Waals surface area contributed by atoms with Gasteiger partial charge in [0.1, 0.15) is 0 Å². The topological polar surface area (TPSA) is 55.2 Å². The lowest BCUT2D eigenvalue weighted by molar-refractivity contribution is -0.385. The number of rotatable bonds is 5. The molecule has 0 atom stereocenters. The Labute approximate surface area is 132 Å². The maximum absolute atomic E-state index is 10.9. The number of nitrogens with one attached hydrogen (secondary N) is 1. The number of nitro groups is 1. The van der Waals surface area contributed by atoms with Crippen molar-refractivity contribution in [1.29, 1.82) is 0 Å². The second-order valence-corrected chi connectivity index (χ2v) is 6.09. The van der Waals surface area contributed by atoms with E-state index in [0.717, 1.165) is 11.3 Å². The molecule has 2 aromatic carbocycles. The number of nitrogens with zero attached hydrogens (tertiary/aromatic N) is 1. The molecule has 0 unspecified atom stereocenters. The first-order valence-corrected chi connectivity index (χ1v) is 7.53. The highest BCUT2D eigenvalue weighted by Gasteiger charge is 2.10. The van der Waals surface area contributed by atoms with Crippen molar-refractivity contribution >= 4 is 27.3 Å². The predicted octanol–water partition coefficient (Wildman–Crippen LogP) is 5.09. The van der Waals surface area contributed by atoms with Crippen molar-refractivity contribution in [2.75, 3.05) is 5.32 Å². The molecule has 0 heterocycles. The number of hydrogen-bond donors (Lipinski definition) is 1. The normalized spacial score (nSPS) is 10.7. The summed E-state index contributed by atoms with van der Waals surface area (Å²) in [6, 6.07) is 13.1. The standard InChI is InChI=1S/C16H17BrN2O2/c1-11(2)15-5-3-4-6-16(15)18-10-12-7-13(17)9-14(8-12)19(20)21/h3-9,11,18H,10H2,1-2H3. The summed E-state index contributed by atoms with van der Waals surface area (Å²) in [7, 11) is 0. The number of hydrogen-bond acceptors (Lipinski definition) is 3. The lowest BCUT2D eigenvalue weighted by Gasteiger charge is -2.14. The van der Waals surface area contributed by atoms with E-state index in [0.29, 0.717) is 16.9 Å². The van der Waals surface area contributed by atoms with E-state index in [2.05, 4.69) is 41.2 Å². The van der Waals surface area contributed by atoms with Gasteiger partial charge in [-0.05, 0) is 29.2 Å². The number of non-ortho nitro benzene ring substituents is 1. The molecule has 2 aromatic rings. The molecule has 21 heavy (non-hydrogen) atoms. The van der Waals surface area contributed by atoms with Crippen molar-refractivity contribution in [2.45, 2.75) is 26.3 Å². The molecule has 0 spiro atoms. The molecular weight excluding hydrogens is 332 g/mol. The van der Waals surface area contributed by atoms with Crippen LogP contribution in [0.25, 0.3) is 0 Å². The smallest absolute Gasteiger partial charge is 0.270 e. The Morgan fingerprint density at radius 3 is 2.62 bits per heavy atom. The summed E-state index contributed by atoms with van der Waals surface area (Å²) in [5.74, 6) is 0.422. The van der Waals surface area contributed by atoms with E-state index in [4.69, 9.17) is 0 Å². The largest absolute Gasteiger partial charge is 0.381 e. The summed E-state index contributed by atoms with van der Waals surface area (Å²) < 4.78 is 0.714. The first kappa shape index (κ1) is 15.5. The molecule has 0 radical (unpaired) electrons. The SMILES string of the molecule is CC(C)c1ccccc1NCc1cc(Br)cc([N+](=O)[O-])c1. The van der Waals surface area contributed by atoms with E-state index in [9.17, 15) is 10.1 Å². The van der Waals surface area contributed by atoms with Crippen LogP contribution in [0, 0.1) is 10.1 Å². The summed E-state index contributed by atoms with van der Waals surface area (Å²) in [5.41, 5.74) is 3.27. The summed E-state index contributed by atoms with van der Waals surface area (Å²) >= 11 is 3.31. The van der Waals surface area contributed by atoms with Crippen molar-refractivity contribution in [3.8, 4) is 0 Å².